The smallest absolute Gasteiger partial charge is 0.245 e. The Hall–Kier alpha value is -2.16. The van der Waals surface area contributed by atoms with Gasteiger partial charge in [-0.05, 0) is 12.8 Å². The van der Waals surface area contributed by atoms with Crippen LogP contribution >= 0.6 is 0 Å². The average Bonchev–Trinajstić information content (AvgIpc) is 2.66. The molecule has 1 amide bonds. The van der Waals surface area contributed by atoms with Crippen LogP contribution in [0.5, 0.6) is 0 Å². The summed E-state index contributed by atoms with van der Waals surface area (Å²) < 4.78 is 0. The van der Waals surface area contributed by atoms with Crippen LogP contribution in [0.1, 0.15) is 62.3 Å². The highest BCUT2D eigenvalue weighted by molar-refractivity contribution is 5.83. The molecule has 0 unspecified atom stereocenters. The van der Waals surface area contributed by atoms with Crippen LogP contribution in [0.15, 0.2) is 15.1 Å². The van der Waals surface area contributed by atoms with E-state index in [-0.39, 0.29) is 11.8 Å². The van der Waals surface area contributed by atoms with Gasteiger partial charge in [-0.2, -0.15) is 0 Å². The first kappa shape index (κ1) is 33.4. The highest BCUT2D eigenvalue weighted by atomic mass is 16.5. The van der Waals surface area contributed by atoms with Gasteiger partial charge in [-0.15, -0.1) is 0 Å². The van der Waals surface area contributed by atoms with Crippen LogP contribution in [0.4, 0.5) is 0 Å². The third-order valence-electron chi connectivity index (χ3n) is 3.33. The lowest BCUT2D eigenvalue weighted by Gasteiger charge is -1.98. The van der Waals surface area contributed by atoms with E-state index in [2.05, 4.69) is 15.1 Å². The van der Waals surface area contributed by atoms with E-state index in [1.165, 1.54) is 5.48 Å². The second kappa shape index (κ2) is 21.1. The zero-order chi connectivity index (χ0) is 23.4. The summed E-state index contributed by atoms with van der Waals surface area (Å²) in [6, 6.07) is 0. The summed E-state index contributed by atoms with van der Waals surface area (Å²) in [6.07, 6.45) is 0. The Morgan fingerprint density at radius 1 is 0.786 bits per heavy atom. The molecule has 0 saturated heterocycles. The minimum absolute atomic E-state index is 0.134. The Balaban J connectivity index is -0.000000137. The van der Waals surface area contributed by atoms with Crippen LogP contribution in [0.2, 0.25) is 0 Å². The van der Waals surface area contributed by atoms with Crippen molar-refractivity contribution in [3.8, 4) is 0 Å². The quantitative estimate of drug-likeness (QED) is 0.160. The van der Waals surface area contributed by atoms with E-state index in [0.29, 0.717) is 17.8 Å². The number of nitrogens with two attached hydrogens (primary N) is 2. The third-order valence-corrected chi connectivity index (χ3v) is 3.33. The fourth-order valence-corrected chi connectivity index (χ4v) is 0.761. The lowest BCUT2D eigenvalue weighted by molar-refractivity contribution is -0.132. The molecule has 0 fully saturated rings. The van der Waals surface area contributed by atoms with Gasteiger partial charge in [-0.25, -0.2) is 5.48 Å². The van der Waals surface area contributed by atoms with Crippen molar-refractivity contribution in [2.45, 2.75) is 62.3 Å². The number of oxime groups is 1. The van der Waals surface area contributed by atoms with Crippen LogP contribution in [-0.4, -0.2) is 47.8 Å². The largest absolute Gasteiger partial charge is 0.411 e. The highest BCUT2D eigenvalue weighted by Crippen LogP contribution is 1.93. The Labute approximate surface area is 171 Å². The molecule has 9 heteroatoms. The molecule has 0 heterocycles. The van der Waals surface area contributed by atoms with Crippen LogP contribution in [0, 0.1) is 23.7 Å². The van der Waals surface area contributed by atoms with Crippen molar-refractivity contribution < 1.29 is 15.2 Å². The Morgan fingerprint density at radius 3 is 1.11 bits per heavy atom. The predicted molar refractivity (Wildman–Crippen MR) is 119 cm³/mol. The molecule has 0 aromatic rings. The summed E-state index contributed by atoms with van der Waals surface area (Å²) in [5, 5.41) is 19.0. The van der Waals surface area contributed by atoms with Crippen LogP contribution in [0.3, 0.4) is 0 Å². The number of hydrogen-bond donors (Lipinski definition) is 5. The fraction of sp³-hybridized carbons (Fsp3) is 0.789. The Morgan fingerprint density at radius 2 is 1.11 bits per heavy atom. The molecule has 0 aromatic heterocycles. The molecule has 0 aliphatic heterocycles. The SMILES string of the molecule is C/C(=N\O)C(C)C.CC(C)C(=O)NO.CN=C(N)C(C)C.CN=C(N)C(C)C. The van der Waals surface area contributed by atoms with Gasteiger partial charge in [0.2, 0.25) is 5.91 Å². The van der Waals surface area contributed by atoms with E-state index in [4.69, 9.17) is 21.9 Å². The van der Waals surface area contributed by atoms with Gasteiger partial charge in [-0.1, -0.05) is 60.5 Å². The maximum atomic E-state index is 10.2. The summed E-state index contributed by atoms with van der Waals surface area (Å²) in [6.45, 7) is 17.2. The van der Waals surface area contributed by atoms with Crippen molar-refractivity contribution in [3.63, 3.8) is 0 Å². The molecule has 0 bridgehead atoms. The summed E-state index contributed by atoms with van der Waals surface area (Å²) in [5.41, 5.74) is 13.0. The topological polar surface area (TPSA) is 159 Å². The normalized spacial score (nSPS) is 11.9. The van der Waals surface area contributed by atoms with Gasteiger partial charge in [0, 0.05) is 31.8 Å². The number of hydrogen-bond acceptors (Lipinski definition) is 6. The lowest BCUT2D eigenvalue weighted by Crippen LogP contribution is -2.23. The van der Waals surface area contributed by atoms with Crippen LogP contribution in [0.25, 0.3) is 0 Å². The molecule has 0 aromatic carbocycles. The molecule has 0 saturated carbocycles. The molecule has 0 aliphatic rings. The molecule has 0 aliphatic carbocycles. The van der Waals surface area contributed by atoms with Gasteiger partial charge in [0.1, 0.15) is 0 Å². The minimum Gasteiger partial charge on any atom is -0.411 e. The Bertz CT molecular complexity index is 418. The van der Waals surface area contributed by atoms with Gasteiger partial charge >= 0.3 is 0 Å². The molecule has 7 N–H and O–H groups in total. The Kier molecular flexibility index (Phi) is 25.2. The van der Waals surface area contributed by atoms with E-state index in [1.54, 1.807) is 34.9 Å². The predicted octanol–water partition coefficient (Wildman–Crippen LogP) is 2.90. The number of amides is 1. The number of hydroxylamine groups is 1. The monoisotopic (exact) mass is 404 g/mol. The van der Waals surface area contributed by atoms with Crippen molar-refractivity contribution in [3.05, 3.63) is 0 Å². The molecular formula is C19H44N6O3. The van der Waals surface area contributed by atoms with Gasteiger partial charge in [0.05, 0.1) is 17.4 Å². The molecule has 9 nitrogen and oxygen atoms in total. The lowest BCUT2D eigenvalue weighted by atomic mass is 10.1. The maximum Gasteiger partial charge on any atom is 0.245 e. The average molecular weight is 405 g/mol. The van der Waals surface area contributed by atoms with Crippen LogP contribution in [-0.2, 0) is 4.79 Å². The zero-order valence-electron chi connectivity index (χ0n) is 19.6. The van der Waals surface area contributed by atoms with Crippen molar-refractivity contribution in [2.75, 3.05) is 14.1 Å². The molecule has 0 radical (unpaired) electrons. The molecule has 0 rings (SSSR count). The van der Waals surface area contributed by atoms with Crippen molar-refractivity contribution >= 4 is 23.3 Å². The number of aliphatic imine (C=N–C) groups is 2. The summed E-state index contributed by atoms with van der Waals surface area (Å²) >= 11 is 0. The number of carbonyl (C=O) groups is 1. The van der Waals surface area contributed by atoms with E-state index in [1.807, 2.05) is 41.5 Å². The summed E-state index contributed by atoms with van der Waals surface area (Å²) in [5.74, 6) is 2.12. The molecule has 168 valence electrons. The number of rotatable bonds is 4. The van der Waals surface area contributed by atoms with E-state index >= 15 is 0 Å². The second-order valence-corrected chi connectivity index (χ2v) is 7.13. The number of nitrogens with zero attached hydrogens (tertiary/aromatic N) is 3. The standard InChI is InChI=1S/2C5H12N2.C5H11NO.C4H9NO2/c2*1-4(2)5(6)7-3;1-4(2)5(3)6-7;1-3(2)4(6)5-7/h2*4H,1-3H3,(H2,6,7);4,7H,1-3H3;3,7H,1-2H3,(H,5,6)/b;;6-5+;. The van der Waals surface area contributed by atoms with E-state index in [0.717, 1.165) is 17.4 Å². The van der Waals surface area contributed by atoms with Gasteiger partial charge in [0.15, 0.2) is 0 Å². The van der Waals surface area contributed by atoms with Crippen LogP contribution < -0.4 is 16.9 Å². The highest BCUT2D eigenvalue weighted by Gasteiger charge is 2.01. The fourth-order valence-electron chi connectivity index (χ4n) is 0.761. The first-order valence-electron chi connectivity index (χ1n) is 9.29. The number of carbonyl (C=O) groups excluding carboxylic acids is 1. The first-order chi connectivity index (χ1) is 12.7. The van der Waals surface area contributed by atoms with Gasteiger partial charge in [0.25, 0.3) is 0 Å². The minimum atomic E-state index is -0.347. The number of nitrogens with one attached hydrogen (secondary N) is 1. The van der Waals surface area contributed by atoms with E-state index in [9.17, 15) is 4.79 Å². The number of amidine groups is 2. The second-order valence-electron chi connectivity index (χ2n) is 7.13. The summed E-state index contributed by atoms with van der Waals surface area (Å²) in [7, 11) is 3.41. The van der Waals surface area contributed by atoms with Gasteiger partial charge in [-0.3, -0.25) is 20.0 Å². The van der Waals surface area contributed by atoms with Gasteiger partial charge < -0.3 is 16.7 Å². The van der Waals surface area contributed by atoms with Crippen molar-refractivity contribution in [1.29, 1.82) is 0 Å². The molecular weight excluding hydrogens is 360 g/mol. The van der Waals surface area contributed by atoms with Crippen molar-refractivity contribution in [2.24, 2.45) is 50.3 Å². The summed E-state index contributed by atoms with van der Waals surface area (Å²) in [4.78, 5) is 17.7. The molecule has 0 atom stereocenters. The zero-order valence-corrected chi connectivity index (χ0v) is 19.6. The third kappa shape index (κ3) is 26.1. The van der Waals surface area contributed by atoms with E-state index < -0.39 is 0 Å². The maximum absolute atomic E-state index is 10.2. The molecule has 0 spiro atoms. The first-order valence-corrected chi connectivity index (χ1v) is 9.29. The van der Waals surface area contributed by atoms with Crippen molar-refractivity contribution in [1.82, 2.24) is 5.48 Å². The molecule has 28 heavy (non-hydrogen) atoms.